The van der Waals surface area contributed by atoms with Gasteiger partial charge in [-0.05, 0) is 25.0 Å². The average molecular weight is 264 g/mol. The third-order valence-electron chi connectivity index (χ3n) is 2.73. The van der Waals surface area contributed by atoms with Crippen LogP contribution in [0.4, 0.5) is 0 Å². The molecule has 18 heavy (non-hydrogen) atoms. The zero-order chi connectivity index (χ0) is 13.1. The fourth-order valence-corrected chi connectivity index (χ4v) is 2.66. The van der Waals surface area contributed by atoms with Crippen molar-refractivity contribution < 1.29 is 9.90 Å². The van der Waals surface area contributed by atoms with Gasteiger partial charge in [0.15, 0.2) is 0 Å². The summed E-state index contributed by atoms with van der Waals surface area (Å²) >= 11 is 1.43. The fourth-order valence-electron chi connectivity index (χ4n) is 1.77. The lowest BCUT2D eigenvalue weighted by atomic mass is 10.3. The molecule has 2 aromatic rings. The number of carbonyl (C=O) groups is 1. The van der Waals surface area contributed by atoms with Crippen LogP contribution in [-0.2, 0) is 10.5 Å². The summed E-state index contributed by atoms with van der Waals surface area (Å²) in [6.07, 6.45) is 4.61. The highest BCUT2D eigenvalue weighted by Crippen LogP contribution is 2.20. The lowest BCUT2D eigenvalue weighted by Crippen LogP contribution is -2.15. The van der Waals surface area contributed by atoms with Gasteiger partial charge in [-0.2, -0.15) is 0 Å². The first kappa shape index (κ1) is 13.0. The summed E-state index contributed by atoms with van der Waals surface area (Å²) in [4.78, 5) is 15.4. The molecular weight excluding hydrogens is 248 g/mol. The highest BCUT2D eigenvalue weighted by atomic mass is 32.2. The Morgan fingerprint density at radius 1 is 1.50 bits per heavy atom. The standard InChI is InChI=1S/C13H16N2O2S/c1-3-11(13(16)17)18-8-10-7-15-6-9(2)4-5-12(15)14-10/h4-7,11H,3,8H2,1-2H3,(H,16,17). The Labute approximate surface area is 110 Å². The number of aromatic nitrogens is 2. The number of carboxylic acid groups (broad SMARTS) is 1. The topological polar surface area (TPSA) is 54.6 Å². The molecule has 1 unspecified atom stereocenters. The van der Waals surface area contributed by atoms with Crippen molar-refractivity contribution in [2.24, 2.45) is 0 Å². The van der Waals surface area contributed by atoms with E-state index >= 15 is 0 Å². The van der Waals surface area contributed by atoms with Gasteiger partial charge in [0, 0.05) is 18.1 Å². The zero-order valence-electron chi connectivity index (χ0n) is 10.5. The van der Waals surface area contributed by atoms with Crippen LogP contribution in [0.25, 0.3) is 5.65 Å². The number of nitrogens with zero attached hydrogens (tertiary/aromatic N) is 2. The maximum Gasteiger partial charge on any atom is 0.316 e. The smallest absolute Gasteiger partial charge is 0.316 e. The van der Waals surface area contributed by atoms with Crippen molar-refractivity contribution in [1.82, 2.24) is 9.38 Å². The molecule has 0 saturated carbocycles. The Balaban J connectivity index is 2.10. The van der Waals surface area contributed by atoms with Gasteiger partial charge in [0.05, 0.1) is 5.69 Å². The maximum atomic E-state index is 10.9. The van der Waals surface area contributed by atoms with Crippen LogP contribution in [0.2, 0.25) is 0 Å². The molecule has 2 aromatic heterocycles. The van der Waals surface area contributed by atoms with Crippen molar-refractivity contribution in [3.63, 3.8) is 0 Å². The van der Waals surface area contributed by atoms with E-state index in [4.69, 9.17) is 5.11 Å². The van der Waals surface area contributed by atoms with Gasteiger partial charge in [-0.3, -0.25) is 4.79 Å². The minimum Gasteiger partial charge on any atom is -0.480 e. The summed E-state index contributed by atoms with van der Waals surface area (Å²) in [6, 6.07) is 3.99. The number of pyridine rings is 1. The molecular formula is C13H16N2O2S. The van der Waals surface area contributed by atoms with E-state index in [0.29, 0.717) is 12.2 Å². The number of imidazole rings is 1. The van der Waals surface area contributed by atoms with Crippen molar-refractivity contribution in [3.05, 3.63) is 35.8 Å². The average Bonchev–Trinajstić information content (AvgIpc) is 2.71. The Morgan fingerprint density at radius 2 is 2.28 bits per heavy atom. The van der Waals surface area contributed by atoms with Crippen molar-refractivity contribution in [3.8, 4) is 0 Å². The largest absolute Gasteiger partial charge is 0.480 e. The van der Waals surface area contributed by atoms with Crippen molar-refractivity contribution in [1.29, 1.82) is 0 Å². The zero-order valence-corrected chi connectivity index (χ0v) is 11.3. The van der Waals surface area contributed by atoms with E-state index in [9.17, 15) is 4.79 Å². The molecule has 96 valence electrons. The van der Waals surface area contributed by atoms with Gasteiger partial charge in [0.25, 0.3) is 0 Å². The van der Waals surface area contributed by atoms with Gasteiger partial charge in [0.1, 0.15) is 10.9 Å². The Morgan fingerprint density at radius 3 is 2.94 bits per heavy atom. The Hall–Kier alpha value is -1.49. The molecule has 2 rings (SSSR count). The summed E-state index contributed by atoms with van der Waals surface area (Å²) < 4.78 is 1.98. The lowest BCUT2D eigenvalue weighted by molar-refractivity contribution is -0.136. The number of hydrogen-bond donors (Lipinski definition) is 1. The van der Waals surface area contributed by atoms with Crippen molar-refractivity contribution in [2.45, 2.75) is 31.3 Å². The van der Waals surface area contributed by atoms with Crippen molar-refractivity contribution in [2.75, 3.05) is 0 Å². The number of aliphatic carboxylic acids is 1. The molecule has 0 bridgehead atoms. The summed E-state index contributed by atoms with van der Waals surface area (Å²) in [5, 5.41) is 8.63. The molecule has 4 nitrogen and oxygen atoms in total. The second-order valence-corrected chi connectivity index (χ2v) is 5.44. The molecule has 0 aliphatic heterocycles. The highest BCUT2D eigenvalue weighted by molar-refractivity contribution is 7.99. The van der Waals surface area contributed by atoms with Crippen LogP contribution in [0.1, 0.15) is 24.6 Å². The predicted octanol–water partition coefficient (Wildman–Crippen LogP) is 2.74. The summed E-state index contributed by atoms with van der Waals surface area (Å²) in [5.41, 5.74) is 3.00. The normalized spacial score (nSPS) is 12.8. The van der Waals surface area contributed by atoms with Gasteiger partial charge >= 0.3 is 5.97 Å². The first-order valence-corrected chi connectivity index (χ1v) is 6.93. The number of carboxylic acids is 1. The molecule has 0 fully saturated rings. The van der Waals surface area contributed by atoms with Gasteiger partial charge < -0.3 is 9.51 Å². The van der Waals surface area contributed by atoms with E-state index in [1.165, 1.54) is 17.3 Å². The lowest BCUT2D eigenvalue weighted by Gasteiger charge is -2.07. The summed E-state index contributed by atoms with van der Waals surface area (Å²) in [7, 11) is 0. The number of aryl methyl sites for hydroxylation is 1. The van der Waals surface area contributed by atoms with Crippen LogP contribution in [0.5, 0.6) is 0 Å². The van der Waals surface area contributed by atoms with Crippen molar-refractivity contribution >= 4 is 23.4 Å². The first-order chi connectivity index (χ1) is 8.60. The summed E-state index contributed by atoms with van der Waals surface area (Å²) in [6.45, 7) is 3.92. The third kappa shape index (κ3) is 2.85. The fraction of sp³-hybridized carbons (Fsp3) is 0.385. The molecule has 1 atom stereocenters. The SMILES string of the molecule is CCC(SCc1cn2cc(C)ccc2n1)C(=O)O. The number of thioether (sulfide) groups is 1. The molecule has 0 aromatic carbocycles. The van der Waals surface area contributed by atoms with Gasteiger partial charge in [-0.25, -0.2) is 4.98 Å². The molecule has 0 radical (unpaired) electrons. The van der Waals surface area contributed by atoms with Gasteiger partial charge in [0.2, 0.25) is 0 Å². The van der Waals surface area contributed by atoms with Crippen LogP contribution in [0.3, 0.4) is 0 Å². The van der Waals surface area contributed by atoms with Crippen LogP contribution < -0.4 is 0 Å². The second-order valence-electron chi connectivity index (χ2n) is 4.25. The number of fused-ring (bicyclic) bond motifs is 1. The molecule has 2 heterocycles. The first-order valence-electron chi connectivity index (χ1n) is 5.88. The van der Waals surface area contributed by atoms with E-state index in [1.807, 2.05) is 42.8 Å². The minimum atomic E-state index is -0.748. The molecule has 0 spiro atoms. The predicted molar refractivity (Wildman–Crippen MR) is 72.9 cm³/mol. The molecule has 5 heteroatoms. The Bertz CT molecular complexity index is 565. The Kier molecular flexibility index (Phi) is 3.91. The van der Waals surface area contributed by atoms with E-state index in [0.717, 1.165) is 11.3 Å². The van der Waals surface area contributed by atoms with E-state index in [-0.39, 0.29) is 5.25 Å². The minimum absolute atomic E-state index is 0.350. The quantitative estimate of drug-likeness (QED) is 0.902. The molecule has 0 saturated heterocycles. The second kappa shape index (κ2) is 5.44. The van der Waals surface area contributed by atoms with Crippen LogP contribution in [0.15, 0.2) is 24.5 Å². The molecule has 0 amide bonds. The van der Waals surface area contributed by atoms with Gasteiger partial charge in [-0.1, -0.05) is 13.0 Å². The van der Waals surface area contributed by atoms with E-state index in [2.05, 4.69) is 4.98 Å². The third-order valence-corrected chi connectivity index (χ3v) is 4.13. The molecule has 0 aliphatic rings. The van der Waals surface area contributed by atoms with Crippen LogP contribution >= 0.6 is 11.8 Å². The summed E-state index contributed by atoms with van der Waals surface area (Å²) in [5.74, 6) is -0.118. The van der Waals surface area contributed by atoms with Gasteiger partial charge in [-0.15, -0.1) is 11.8 Å². The monoisotopic (exact) mass is 264 g/mol. The van der Waals surface area contributed by atoms with Crippen LogP contribution in [-0.4, -0.2) is 25.7 Å². The number of hydrogen-bond acceptors (Lipinski definition) is 3. The molecule has 0 aliphatic carbocycles. The van der Waals surface area contributed by atoms with Crippen LogP contribution in [0, 0.1) is 6.92 Å². The molecule has 1 N–H and O–H groups in total. The number of rotatable bonds is 5. The van der Waals surface area contributed by atoms with E-state index < -0.39 is 5.97 Å². The van der Waals surface area contributed by atoms with E-state index in [1.54, 1.807) is 0 Å². The maximum absolute atomic E-state index is 10.9. The highest BCUT2D eigenvalue weighted by Gasteiger charge is 2.16.